The molecule has 7 nitrogen and oxygen atoms in total. The van der Waals surface area contributed by atoms with E-state index in [0.717, 1.165) is 12.1 Å². The van der Waals surface area contributed by atoms with E-state index >= 15 is 0 Å². The number of benzene rings is 1. The van der Waals surface area contributed by atoms with Gasteiger partial charge in [0.2, 0.25) is 11.8 Å². The van der Waals surface area contributed by atoms with E-state index in [2.05, 4.69) is 0 Å². The van der Waals surface area contributed by atoms with E-state index in [-0.39, 0.29) is 44.8 Å². The molecular weight excluding hydrogens is 350 g/mol. The first-order valence-corrected chi connectivity index (χ1v) is 8.25. The fraction of sp³-hybridized carbons (Fsp3) is 0.471. The molecule has 26 heavy (non-hydrogen) atoms. The van der Waals surface area contributed by atoms with Crippen LogP contribution in [0.15, 0.2) is 18.2 Å². The number of nitrogens with zero attached hydrogens (tertiary/aromatic N) is 2. The molecule has 140 valence electrons. The van der Waals surface area contributed by atoms with Crippen LogP contribution < -0.4 is 4.90 Å². The van der Waals surface area contributed by atoms with Gasteiger partial charge >= 0.3 is 5.97 Å². The molecule has 0 aliphatic carbocycles. The lowest BCUT2D eigenvalue weighted by atomic mass is 10.1. The number of carboxylic acid groups (broad SMARTS) is 1. The van der Waals surface area contributed by atoms with Gasteiger partial charge in [-0.2, -0.15) is 0 Å². The van der Waals surface area contributed by atoms with Gasteiger partial charge in [-0.15, -0.1) is 0 Å². The maximum Gasteiger partial charge on any atom is 0.306 e. The molecule has 0 saturated carbocycles. The quantitative estimate of drug-likeness (QED) is 0.802. The molecule has 2 amide bonds. The lowest BCUT2D eigenvalue weighted by molar-refractivity contribution is -0.151. The number of anilines is 1. The highest BCUT2D eigenvalue weighted by molar-refractivity contribution is 6.09. The SMILES string of the molecule is O=C(O)C[C@@H]1CN(C(=O)[C@@H]2CCN(c3cc(F)cc(F)c3)C2=O)CCO1. The maximum atomic E-state index is 13.4. The van der Waals surface area contributed by atoms with Crippen molar-refractivity contribution in [2.24, 2.45) is 5.92 Å². The van der Waals surface area contributed by atoms with Crippen molar-refractivity contribution in [1.29, 1.82) is 0 Å². The summed E-state index contributed by atoms with van der Waals surface area (Å²) in [5, 5.41) is 8.84. The zero-order valence-electron chi connectivity index (χ0n) is 13.9. The summed E-state index contributed by atoms with van der Waals surface area (Å²) in [6, 6.07) is 2.81. The van der Waals surface area contributed by atoms with Crippen LogP contribution in [0.5, 0.6) is 0 Å². The Morgan fingerprint density at radius 3 is 2.54 bits per heavy atom. The molecule has 2 fully saturated rings. The number of carboxylic acids is 1. The Kier molecular flexibility index (Phi) is 5.17. The minimum absolute atomic E-state index is 0.0773. The van der Waals surface area contributed by atoms with Crippen molar-refractivity contribution in [2.45, 2.75) is 18.9 Å². The van der Waals surface area contributed by atoms with Gasteiger partial charge in [0.1, 0.15) is 17.6 Å². The Morgan fingerprint density at radius 1 is 1.19 bits per heavy atom. The van der Waals surface area contributed by atoms with Crippen LogP contribution in [0.25, 0.3) is 0 Å². The smallest absolute Gasteiger partial charge is 0.306 e. The highest BCUT2D eigenvalue weighted by Crippen LogP contribution is 2.28. The molecule has 0 radical (unpaired) electrons. The number of carbonyl (C=O) groups is 3. The van der Waals surface area contributed by atoms with Crippen LogP contribution in [0.4, 0.5) is 14.5 Å². The Balaban J connectivity index is 1.69. The van der Waals surface area contributed by atoms with Crippen molar-refractivity contribution in [1.82, 2.24) is 4.90 Å². The molecule has 9 heteroatoms. The first kappa shape index (κ1) is 18.2. The van der Waals surface area contributed by atoms with E-state index in [0.29, 0.717) is 6.07 Å². The van der Waals surface area contributed by atoms with Crippen LogP contribution in [0.2, 0.25) is 0 Å². The second kappa shape index (κ2) is 7.36. The number of ether oxygens (including phenoxy) is 1. The fourth-order valence-electron chi connectivity index (χ4n) is 3.32. The Morgan fingerprint density at radius 2 is 1.88 bits per heavy atom. The molecule has 3 rings (SSSR count). The average Bonchev–Trinajstić information content (AvgIpc) is 2.94. The third-order valence-corrected chi connectivity index (χ3v) is 4.52. The summed E-state index contributed by atoms with van der Waals surface area (Å²) < 4.78 is 32.1. The molecule has 0 aromatic heterocycles. The number of carbonyl (C=O) groups excluding carboxylic acids is 2. The maximum absolute atomic E-state index is 13.4. The molecule has 1 aromatic rings. The van der Waals surface area contributed by atoms with Gasteiger partial charge in [-0.05, 0) is 18.6 Å². The Labute approximate surface area is 148 Å². The first-order valence-electron chi connectivity index (χ1n) is 8.25. The minimum Gasteiger partial charge on any atom is -0.481 e. The second-order valence-corrected chi connectivity index (χ2v) is 6.33. The predicted molar refractivity (Wildman–Crippen MR) is 85.4 cm³/mol. The van der Waals surface area contributed by atoms with Crippen LogP contribution in [-0.2, 0) is 19.1 Å². The van der Waals surface area contributed by atoms with Gasteiger partial charge in [-0.25, -0.2) is 8.78 Å². The molecule has 2 heterocycles. The van der Waals surface area contributed by atoms with E-state index in [1.54, 1.807) is 0 Å². The monoisotopic (exact) mass is 368 g/mol. The summed E-state index contributed by atoms with van der Waals surface area (Å²) in [6.07, 6.45) is -0.608. The molecule has 2 aliphatic rings. The minimum atomic E-state index is -1.03. The van der Waals surface area contributed by atoms with Gasteiger partial charge in [0, 0.05) is 31.4 Å². The van der Waals surface area contributed by atoms with Crippen molar-refractivity contribution < 1.29 is 33.0 Å². The van der Waals surface area contributed by atoms with E-state index < -0.39 is 41.4 Å². The van der Waals surface area contributed by atoms with Crippen LogP contribution in [0.3, 0.4) is 0 Å². The van der Waals surface area contributed by atoms with Gasteiger partial charge < -0.3 is 19.6 Å². The van der Waals surface area contributed by atoms with E-state index in [4.69, 9.17) is 9.84 Å². The standard InChI is InChI=1S/C17H18F2N2O5/c18-10-5-11(19)7-12(6-10)21-2-1-14(17(21)25)16(24)20-3-4-26-13(9-20)8-15(22)23/h5-7,13-14H,1-4,8-9H2,(H,22,23)/t13-,14+/m1/s1. The summed E-state index contributed by atoms with van der Waals surface area (Å²) in [4.78, 5) is 38.7. The number of halogens is 2. The van der Waals surface area contributed by atoms with Crippen molar-refractivity contribution in [3.8, 4) is 0 Å². The first-order chi connectivity index (χ1) is 12.3. The molecule has 2 aliphatic heterocycles. The number of rotatable bonds is 4. The van der Waals surface area contributed by atoms with Gasteiger partial charge in [0.25, 0.3) is 0 Å². The molecule has 0 bridgehead atoms. The van der Waals surface area contributed by atoms with Crippen molar-refractivity contribution in [3.63, 3.8) is 0 Å². The molecule has 1 aromatic carbocycles. The molecular formula is C17H18F2N2O5. The second-order valence-electron chi connectivity index (χ2n) is 6.33. The molecule has 0 unspecified atom stereocenters. The molecule has 1 N–H and O–H groups in total. The normalized spacial score (nSPS) is 23.4. The highest BCUT2D eigenvalue weighted by atomic mass is 19.1. The lowest BCUT2D eigenvalue weighted by Gasteiger charge is -2.33. The third kappa shape index (κ3) is 3.82. The summed E-state index contributed by atoms with van der Waals surface area (Å²) in [6.45, 7) is 0.751. The third-order valence-electron chi connectivity index (χ3n) is 4.52. The van der Waals surface area contributed by atoms with Crippen LogP contribution >= 0.6 is 0 Å². The van der Waals surface area contributed by atoms with Crippen LogP contribution in [0.1, 0.15) is 12.8 Å². The van der Waals surface area contributed by atoms with Gasteiger partial charge in [-0.3, -0.25) is 14.4 Å². The summed E-state index contributed by atoms with van der Waals surface area (Å²) in [7, 11) is 0. The van der Waals surface area contributed by atoms with E-state index in [1.807, 2.05) is 0 Å². The Bertz CT molecular complexity index is 722. The molecule has 2 atom stereocenters. The van der Waals surface area contributed by atoms with Crippen molar-refractivity contribution in [2.75, 3.05) is 31.1 Å². The average molecular weight is 368 g/mol. The number of hydrogen-bond donors (Lipinski definition) is 1. The molecule has 2 saturated heterocycles. The van der Waals surface area contributed by atoms with E-state index in [9.17, 15) is 23.2 Å². The topological polar surface area (TPSA) is 87.2 Å². The molecule has 0 spiro atoms. The fourth-order valence-corrected chi connectivity index (χ4v) is 3.32. The summed E-state index contributed by atoms with van der Waals surface area (Å²) in [5.41, 5.74) is 0.0773. The van der Waals surface area contributed by atoms with Crippen molar-refractivity contribution >= 4 is 23.5 Å². The van der Waals surface area contributed by atoms with Crippen LogP contribution in [0, 0.1) is 17.6 Å². The van der Waals surface area contributed by atoms with Crippen molar-refractivity contribution in [3.05, 3.63) is 29.8 Å². The number of hydrogen-bond acceptors (Lipinski definition) is 4. The lowest BCUT2D eigenvalue weighted by Crippen LogP contribution is -2.49. The van der Waals surface area contributed by atoms with Gasteiger partial charge in [0.05, 0.1) is 19.1 Å². The number of morpholine rings is 1. The summed E-state index contributed by atoms with van der Waals surface area (Å²) in [5.74, 6) is -4.49. The van der Waals surface area contributed by atoms with Gasteiger partial charge in [-0.1, -0.05) is 0 Å². The predicted octanol–water partition coefficient (Wildman–Crippen LogP) is 1.02. The zero-order chi connectivity index (χ0) is 18.8. The Hall–Kier alpha value is -2.55. The zero-order valence-corrected chi connectivity index (χ0v) is 13.9. The highest BCUT2D eigenvalue weighted by Gasteiger charge is 2.41. The number of amides is 2. The number of aliphatic carboxylic acids is 1. The largest absolute Gasteiger partial charge is 0.481 e. The van der Waals surface area contributed by atoms with E-state index in [1.165, 1.54) is 9.80 Å². The summed E-state index contributed by atoms with van der Waals surface area (Å²) >= 11 is 0. The van der Waals surface area contributed by atoms with Crippen LogP contribution in [-0.4, -0.2) is 60.1 Å². The van der Waals surface area contributed by atoms with Gasteiger partial charge in [0.15, 0.2) is 0 Å².